The van der Waals surface area contributed by atoms with E-state index in [-0.39, 0.29) is 5.91 Å². The lowest BCUT2D eigenvalue weighted by Crippen LogP contribution is -2.48. The van der Waals surface area contributed by atoms with E-state index in [1.54, 1.807) is 6.07 Å². The minimum atomic E-state index is 0.118. The fraction of sp³-hybridized carbons (Fsp3) is 0.562. The molecular weight excluding hydrogens is 307 g/mol. The molecule has 2 fully saturated rings. The molecular formula is C16H20Cl2N2O. The van der Waals surface area contributed by atoms with Gasteiger partial charge in [-0.15, -0.1) is 0 Å². The molecule has 3 nitrogen and oxygen atoms in total. The van der Waals surface area contributed by atoms with Crippen LogP contribution in [0.2, 0.25) is 10.0 Å². The normalized spacial score (nSPS) is 27.6. The number of carbonyl (C=O) groups excluding carboxylic acids is 1. The number of hydrogen-bond donors (Lipinski definition) is 2. The predicted molar refractivity (Wildman–Crippen MR) is 85.9 cm³/mol. The maximum atomic E-state index is 12.1. The van der Waals surface area contributed by atoms with Gasteiger partial charge >= 0.3 is 0 Å². The van der Waals surface area contributed by atoms with Crippen LogP contribution in [0, 0.1) is 0 Å². The zero-order valence-electron chi connectivity index (χ0n) is 11.9. The molecule has 1 amide bonds. The van der Waals surface area contributed by atoms with E-state index in [9.17, 15) is 4.79 Å². The van der Waals surface area contributed by atoms with Gasteiger partial charge in [0.05, 0.1) is 0 Å². The molecule has 2 bridgehead atoms. The molecule has 2 atom stereocenters. The van der Waals surface area contributed by atoms with E-state index in [0.29, 0.717) is 41.0 Å². The Hall–Kier alpha value is -0.770. The average Bonchev–Trinajstić information content (AvgIpc) is 2.77. The van der Waals surface area contributed by atoms with Crippen molar-refractivity contribution in [2.45, 2.75) is 56.7 Å². The zero-order chi connectivity index (χ0) is 14.8. The van der Waals surface area contributed by atoms with Crippen molar-refractivity contribution in [2.24, 2.45) is 0 Å². The largest absolute Gasteiger partial charge is 0.353 e. The van der Waals surface area contributed by atoms with Gasteiger partial charge in [-0.3, -0.25) is 4.79 Å². The Kier molecular flexibility index (Phi) is 4.72. The highest BCUT2D eigenvalue weighted by atomic mass is 35.5. The van der Waals surface area contributed by atoms with Crippen molar-refractivity contribution in [3.63, 3.8) is 0 Å². The lowest BCUT2D eigenvalue weighted by atomic mass is 9.99. The number of rotatable bonds is 4. The third-order valence-corrected chi connectivity index (χ3v) is 5.06. The Morgan fingerprint density at radius 2 is 1.95 bits per heavy atom. The highest BCUT2D eigenvalue weighted by Crippen LogP contribution is 2.27. The standard InChI is InChI=1S/C16H20Cl2N2O/c17-11-3-1-10(15(18)7-11)2-6-16(21)20-14-8-12-4-5-13(9-14)19-12/h1,3,7,12-14,19H,2,4-6,8-9H2,(H,20,21). The third kappa shape index (κ3) is 3.91. The van der Waals surface area contributed by atoms with Gasteiger partial charge in [-0.1, -0.05) is 29.3 Å². The molecule has 0 radical (unpaired) electrons. The highest BCUT2D eigenvalue weighted by Gasteiger charge is 2.33. The van der Waals surface area contributed by atoms with Crippen LogP contribution in [0.5, 0.6) is 0 Å². The van der Waals surface area contributed by atoms with E-state index in [0.717, 1.165) is 18.4 Å². The molecule has 1 aromatic carbocycles. The first-order chi connectivity index (χ1) is 10.1. The van der Waals surface area contributed by atoms with E-state index in [1.807, 2.05) is 12.1 Å². The molecule has 114 valence electrons. The number of nitrogens with one attached hydrogen (secondary N) is 2. The number of fused-ring (bicyclic) bond motifs is 2. The molecule has 5 heteroatoms. The minimum Gasteiger partial charge on any atom is -0.353 e. The molecule has 2 N–H and O–H groups in total. The molecule has 2 aliphatic heterocycles. The van der Waals surface area contributed by atoms with E-state index >= 15 is 0 Å². The van der Waals surface area contributed by atoms with Crippen molar-refractivity contribution in [1.29, 1.82) is 0 Å². The van der Waals surface area contributed by atoms with E-state index in [2.05, 4.69) is 10.6 Å². The van der Waals surface area contributed by atoms with Crippen LogP contribution in [0.4, 0.5) is 0 Å². The summed E-state index contributed by atoms with van der Waals surface area (Å²) in [5.41, 5.74) is 0.974. The second-order valence-corrected chi connectivity index (χ2v) is 6.95. The summed E-state index contributed by atoms with van der Waals surface area (Å²) in [7, 11) is 0. The van der Waals surface area contributed by atoms with Crippen molar-refractivity contribution in [3.05, 3.63) is 33.8 Å². The van der Waals surface area contributed by atoms with Crippen LogP contribution in [0.25, 0.3) is 0 Å². The van der Waals surface area contributed by atoms with Crippen LogP contribution in [0.1, 0.15) is 37.7 Å². The van der Waals surface area contributed by atoms with Crippen molar-refractivity contribution in [3.8, 4) is 0 Å². The summed E-state index contributed by atoms with van der Waals surface area (Å²) in [4.78, 5) is 12.1. The molecule has 21 heavy (non-hydrogen) atoms. The highest BCUT2D eigenvalue weighted by molar-refractivity contribution is 6.35. The Labute approximate surface area is 135 Å². The summed E-state index contributed by atoms with van der Waals surface area (Å²) in [5, 5.41) is 8.01. The van der Waals surface area contributed by atoms with Gasteiger partial charge < -0.3 is 10.6 Å². The second-order valence-electron chi connectivity index (χ2n) is 6.11. The summed E-state index contributed by atoms with van der Waals surface area (Å²) < 4.78 is 0. The SMILES string of the molecule is O=C(CCc1ccc(Cl)cc1Cl)NC1CC2CCC(C1)N2. The van der Waals surface area contributed by atoms with Gasteiger partial charge in [0.15, 0.2) is 0 Å². The number of piperidine rings is 1. The number of carbonyl (C=O) groups is 1. The third-order valence-electron chi connectivity index (χ3n) is 4.47. The van der Waals surface area contributed by atoms with Gasteiger partial charge in [0.25, 0.3) is 0 Å². The van der Waals surface area contributed by atoms with Crippen molar-refractivity contribution in [2.75, 3.05) is 0 Å². The van der Waals surface area contributed by atoms with Crippen LogP contribution in [0.3, 0.4) is 0 Å². The monoisotopic (exact) mass is 326 g/mol. The second kappa shape index (κ2) is 6.55. The number of amides is 1. The summed E-state index contributed by atoms with van der Waals surface area (Å²) in [6.45, 7) is 0. The fourth-order valence-electron chi connectivity index (χ4n) is 3.45. The summed E-state index contributed by atoms with van der Waals surface area (Å²) in [6, 6.07) is 6.95. The van der Waals surface area contributed by atoms with Crippen molar-refractivity contribution < 1.29 is 4.79 Å². The van der Waals surface area contributed by atoms with Crippen LogP contribution in [-0.2, 0) is 11.2 Å². The topological polar surface area (TPSA) is 41.1 Å². The molecule has 2 heterocycles. The first kappa shape index (κ1) is 15.1. The molecule has 2 unspecified atom stereocenters. The smallest absolute Gasteiger partial charge is 0.220 e. The van der Waals surface area contributed by atoms with Gasteiger partial charge in [0.2, 0.25) is 5.91 Å². The number of aryl methyl sites for hydroxylation is 1. The summed E-state index contributed by atoms with van der Waals surface area (Å²) in [6.07, 6.45) is 5.74. The predicted octanol–water partition coefficient (Wildman–Crippen LogP) is 3.33. The van der Waals surface area contributed by atoms with Gasteiger partial charge in [-0.25, -0.2) is 0 Å². The molecule has 2 aliphatic rings. The lowest BCUT2D eigenvalue weighted by molar-refractivity contribution is -0.122. The van der Waals surface area contributed by atoms with E-state index in [1.165, 1.54) is 12.8 Å². The molecule has 2 saturated heterocycles. The van der Waals surface area contributed by atoms with Crippen LogP contribution in [0.15, 0.2) is 18.2 Å². The quantitative estimate of drug-likeness (QED) is 0.891. The van der Waals surface area contributed by atoms with Crippen LogP contribution < -0.4 is 10.6 Å². The van der Waals surface area contributed by atoms with Crippen LogP contribution in [-0.4, -0.2) is 24.0 Å². The number of halogens is 2. The summed E-state index contributed by atoms with van der Waals surface area (Å²) in [5.74, 6) is 0.118. The first-order valence-electron chi connectivity index (χ1n) is 7.59. The van der Waals surface area contributed by atoms with Gasteiger partial charge in [-0.2, -0.15) is 0 Å². The Morgan fingerprint density at radius 3 is 2.62 bits per heavy atom. The Morgan fingerprint density at radius 1 is 1.24 bits per heavy atom. The molecule has 0 aliphatic carbocycles. The van der Waals surface area contributed by atoms with Crippen molar-refractivity contribution >= 4 is 29.1 Å². The molecule has 0 spiro atoms. The fourth-order valence-corrected chi connectivity index (χ4v) is 3.95. The summed E-state index contributed by atoms with van der Waals surface area (Å²) >= 11 is 12.0. The van der Waals surface area contributed by atoms with Crippen molar-refractivity contribution in [1.82, 2.24) is 10.6 Å². The van der Waals surface area contributed by atoms with Gasteiger partial charge in [0.1, 0.15) is 0 Å². The molecule has 3 rings (SSSR count). The zero-order valence-corrected chi connectivity index (χ0v) is 13.4. The Balaban J connectivity index is 1.48. The van der Waals surface area contributed by atoms with E-state index < -0.39 is 0 Å². The maximum Gasteiger partial charge on any atom is 0.220 e. The lowest BCUT2D eigenvalue weighted by Gasteiger charge is -2.29. The molecule has 0 saturated carbocycles. The van der Waals surface area contributed by atoms with E-state index in [4.69, 9.17) is 23.2 Å². The van der Waals surface area contributed by atoms with Crippen LogP contribution >= 0.6 is 23.2 Å². The first-order valence-corrected chi connectivity index (χ1v) is 8.35. The Bertz CT molecular complexity index is 523. The molecule has 1 aromatic rings. The van der Waals surface area contributed by atoms with Gasteiger partial charge in [-0.05, 0) is 49.8 Å². The van der Waals surface area contributed by atoms with Gasteiger partial charge in [0, 0.05) is 34.6 Å². The average molecular weight is 327 g/mol. The molecule has 0 aromatic heterocycles. The minimum absolute atomic E-state index is 0.118. The number of benzene rings is 1. The maximum absolute atomic E-state index is 12.1. The number of hydrogen-bond acceptors (Lipinski definition) is 2.